The van der Waals surface area contributed by atoms with E-state index in [4.69, 9.17) is 9.84 Å². The zero-order valence-electron chi connectivity index (χ0n) is 21.9. The van der Waals surface area contributed by atoms with Crippen LogP contribution >= 0.6 is 11.8 Å². The molecule has 0 unspecified atom stereocenters. The van der Waals surface area contributed by atoms with Crippen LogP contribution in [-0.4, -0.2) is 85.2 Å². The number of allylic oxidation sites excluding steroid dienone is 1. The number of carboxylic acid groups (broad SMARTS) is 1. The maximum Gasteiger partial charge on any atom is 0.352 e. The van der Waals surface area contributed by atoms with Crippen LogP contribution in [0.1, 0.15) is 31.2 Å². The number of para-hydroxylation sites is 1. The molecule has 0 atom stereocenters. The van der Waals surface area contributed by atoms with Crippen molar-refractivity contribution in [1.29, 1.82) is 0 Å². The molecule has 204 valence electrons. The van der Waals surface area contributed by atoms with E-state index in [1.807, 2.05) is 41.6 Å². The van der Waals surface area contributed by atoms with Crippen molar-refractivity contribution in [1.82, 2.24) is 25.8 Å². The average molecular weight is 534 g/mol. The van der Waals surface area contributed by atoms with E-state index in [1.165, 1.54) is 30.7 Å². The Balaban J connectivity index is 0.000000291. The molecular formula is C26H39N5O5S. The Morgan fingerprint density at radius 3 is 2.59 bits per heavy atom. The van der Waals surface area contributed by atoms with Crippen LogP contribution in [0.3, 0.4) is 0 Å². The molecule has 0 spiro atoms. The molecule has 0 radical (unpaired) electrons. The molecule has 2 aliphatic heterocycles. The highest BCUT2D eigenvalue weighted by molar-refractivity contribution is 7.98. The number of likely N-dealkylation sites (N-methyl/N-ethyl adjacent to an activating group) is 1. The average Bonchev–Trinajstić information content (AvgIpc) is 3.60. The van der Waals surface area contributed by atoms with Gasteiger partial charge in [-0.3, -0.25) is 14.5 Å². The molecule has 1 aromatic carbocycles. The van der Waals surface area contributed by atoms with Crippen LogP contribution in [0, 0.1) is 0 Å². The number of carbonyl (C=O) groups excluding carboxylic acids is 2. The number of thioether (sulfide) groups is 1. The van der Waals surface area contributed by atoms with Gasteiger partial charge in [0.2, 0.25) is 11.8 Å². The Bertz CT molecular complexity index is 962. The summed E-state index contributed by atoms with van der Waals surface area (Å²) in [7, 11) is 3.39. The van der Waals surface area contributed by atoms with Crippen molar-refractivity contribution in [3.8, 4) is 5.75 Å². The lowest BCUT2D eigenvalue weighted by molar-refractivity contribution is -0.134. The highest BCUT2D eigenvalue weighted by atomic mass is 32.2. The minimum atomic E-state index is -1.14. The Kier molecular flexibility index (Phi) is 13.4. The molecule has 2 heterocycles. The minimum absolute atomic E-state index is 0.0853. The number of hydrogen-bond donors (Lipinski definition) is 4. The zero-order valence-corrected chi connectivity index (χ0v) is 22.7. The fourth-order valence-electron chi connectivity index (χ4n) is 3.89. The molecule has 3 rings (SSSR count). The van der Waals surface area contributed by atoms with Crippen molar-refractivity contribution >= 4 is 29.5 Å². The highest BCUT2D eigenvalue weighted by Gasteiger charge is 2.18. The van der Waals surface area contributed by atoms with Gasteiger partial charge in [-0.2, -0.15) is 11.8 Å². The lowest BCUT2D eigenvalue weighted by Crippen LogP contribution is -2.36. The van der Waals surface area contributed by atoms with Crippen molar-refractivity contribution in [2.75, 3.05) is 52.5 Å². The number of aliphatic carboxylic acids is 1. The van der Waals surface area contributed by atoms with Gasteiger partial charge in [-0.25, -0.2) is 4.79 Å². The summed E-state index contributed by atoms with van der Waals surface area (Å²) in [4.78, 5) is 38.5. The summed E-state index contributed by atoms with van der Waals surface area (Å²) < 4.78 is 5.28. The predicted octanol–water partition coefficient (Wildman–Crippen LogP) is 1.96. The summed E-state index contributed by atoms with van der Waals surface area (Å²) in [5, 5.41) is 17.7. The quantitative estimate of drug-likeness (QED) is 0.299. The van der Waals surface area contributed by atoms with Crippen molar-refractivity contribution in [3.63, 3.8) is 0 Å². The molecule has 4 N–H and O–H groups in total. The number of carbonyl (C=O) groups is 3. The van der Waals surface area contributed by atoms with Gasteiger partial charge >= 0.3 is 5.97 Å². The minimum Gasteiger partial charge on any atom is -0.496 e. The highest BCUT2D eigenvalue weighted by Crippen LogP contribution is 2.18. The molecule has 0 aromatic heterocycles. The number of amides is 2. The molecule has 1 aromatic rings. The van der Waals surface area contributed by atoms with Gasteiger partial charge in [0, 0.05) is 49.3 Å². The molecule has 37 heavy (non-hydrogen) atoms. The van der Waals surface area contributed by atoms with E-state index in [0.717, 1.165) is 43.2 Å². The molecule has 2 amide bonds. The van der Waals surface area contributed by atoms with Gasteiger partial charge in [-0.1, -0.05) is 18.2 Å². The molecule has 1 saturated heterocycles. The largest absolute Gasteiger partial charge is 0.496 e. The predicted molar refractivity (Wildman–Crippen MR) is 146 cm³/mol. The third-order valence-corrected chi connectivity index (χ3v) is 6.27. The standard InChI is InChI=1S/C16H22N2O4S.C10H17N3O/c1-18(10-12-6-4-5-7-14(12)22-2)11-15(19)17-13(16(20)21)8-9-23-3;14-10(13-5-1-2-6-13)4-3-9-7-11-8-12-9/h4-8H,9-11H2,1-3H3,(H,17,19)(H,20,21);7,11-12H,1-6,8H2/b13-8+;. The van der Waals surface area contributed by atoms with Crippen molar-refractivity contribution in [2.24, 2.45) is 0 Å². The number of nitrogens with zero attached hydrogens (tertiary/aromatic N) is 2. The number of methoxy groups -OCH3 is 1. The normalized spacial score (nSPS) is 14.8. The van der Waals surface area contributed by atoms with E-state index < -0.39 is 5.97 Å². The van der Waals surface area contributed by atoms with Gasteiger partial charge in [0.05, 0.1) is 20.3 Å². The Morgan fingerprint density at radius 2 is 1.97 bits per heavy atom. The smallest absolute Gasteiger partial charge is 0.352 e. The van der Waals surface area contributed by atoms with Crippen molar-refractivity contribution in [2.45, 2.75) is 32.2 Å². The van der Waals surface area contributed by atoms with Gasteiger partial charge in [0.25, 0.3) is 0 Å². The molecule has 1 fully saturated rings. The first-order chi connectivity index (χ1) is 17.8. The molecule has 2 aliphatic rings. The Labute approximate surface area is 223 Å². The zero-order chi connectivity index (χ0) is 27.0. The second-order valence-electron chi connectivity index (χ2n) is 8.73. The molecular weight excluding hydrogens is 494 g/mol. The van der Waals surface area contributed by atoms with Crippen LogP contribution in [0.5, 0.6) is 5.75 Å². The number of likely N-dealkylation sites (tertiary alicyclic amines) is 1. The monoisotopic (exact) mass is 533 g/mol. The molecule has 0 aliphatic carbocycles. The summed E-state index contributed by atoms with van der Waals surface area (Å²) in [5.41, 5.74) is 2.02. The summed E-state index contributed by atoms with van der Waals surface area (Å²) in [6, 6.07) is 7.56. The molecule has 10 nitrogen and oxygen atoms in total. The lowest BCUT2D eigenvalue weighted by Gasteiger charge is -2.18. The molecule has 0 bridgehead atoms. The number of hydrogen-bond acceptors (Lipinski definition) is 8. The van der Waals surface area contributed by atoms with Crippen LogP contribution in [0.4, 0.5) is 0 Å². The first-order valence-electron chi connectivity index (χ1n) is 12.3. The van der Waals surface area contributed by atoms with E-state index in [9.17, 15) is 14.4 Å². The van der Waals surface area contributed by atoms with Crippen LogP contribution in [0.2, 0.25) is 0 Å². The Hall–Kier alpha value is -3.18. The summed E-state index contributed by atoms with van der Waals surface area (Å²) in [5.74, 6) is 0.0822. The van der Waals surface area contributed by atoms with Gasteiger partial charge in [0.1, 0.15) is 11.4 Å². The second-order valence-corrected chi connectivity index (χ2v) is 9.64. The first kappa shape index (κ1) is 30.0. The van der Waals surface area contributed by atoms with Crippen LogP contribution < -0.4 is 20.7 Å². The van der Waals surface area contributed by atoms with E-state index in [0.29, 0.717) is 24.6 Å². The van der Waals surface area contributed by atoms with Crippen LogP contribution in [0.15, 0.2) is 47.9 Å². The van der Waals surface area contributed by atoms with E-state index in [-0.39, 0.29) is 18.1 Å². The van der Waals surface area contributed by atoms with E-state index >= 15 is 0 Å². The van der Waals surface area contributed by atoms with E-state index in [2.05, 4.69) is 16.0 Å². The molecule has 0 saturated carbocycles. The number of carboxylic acids is 1. The SMILES string of the molecule is COc1ccccc1CN(C)CC(=O)N/C(=C/CSC)C(=O)O.O=C(CCC1=CNCN1)N1CCCC1. The summed E-state index contributed by atoms with van der Waals surface area (Å²) in [6.45, 7) is 3.33. The van der Waals surface area contributed by atoms with Gasteiger partial charge in [-0.05, 0) is 44.7 Å². The van der Waals surface area contributed by atoms with Crippen LogP contribution in [0.25, 0.3) is 0 Å². The fourth-order valence-corrected chi connectivity index (χ4v) is 4.22. The van der Waals surface area contributed by atoms with Gasteiger partial charge < -0.3 is 30.7 Å². The summed E-state index contributed by atoms with van der Waals surface area (Å²) in [6.07, 6.45) is 9.13. The fraction of sp³-hybridized carbons (Fsp3) is 0.500. The van der Waals surface area contributed by atoms with E-state index in [1.54, 1.807) is 19.1 Å². The lowest BCUT2D eigenvalue weighted by atomic mass is 10.2. The maximum atomic E-state index is 12.0. The number of rotatable bonds is 12. The first-order valence-corrected chi connectivity index (χ1v) is 13.7. The third kappa shape index (κ3) is 11.2. The second kappa shape index (κ2) is 16.5. The molecule has 11 heteroatoms. The van der Waals surface area contributed by atoms with Gasteiger partial charge in [0.15, 0.2) is 0 Å². The maximum absolute atomic E-state index is 12.0. The number of nitrogens with one attached hydrogen (secondary N) is 3. The van der Waals surface area contributed by atoms with Crippen molar-refractivity contribution in [3.05, 3.63) is 53.5 Å². The number of ether oxygens (including phenoxy) is 1. The summed E-state index contributed by atoms with van der Waals surface area (Å²) >= 11 is 1.48. The Morgan fingerprint density at radius 1 is 1.24 bits per heavy atom. The van der Waals surface area contributed by atoms with Crippen molar-refractivity contribution < 1.29 is 24.2 Å². The van der Waals surface area contributed by atoms with Crippen LogP contribution in [-0.2, 0) is 20.9 Å². The number of benzene rings is 1. The third-order valence-electron chi connectivity index (χ3n) is 5.77. The van der Waals surface area contributed by atoms with Gasteiger partial charge in [-0.15, -0.1) is 0 Å². The topological polar surface area (TPSA) is 123 Å².